The maximum atomic E-state index is 12.5. The van der Waals surface area contributed by atoms with Gasteiger partial charge in [0.25, 0.3) is 0 Å². The Morgan fingerprint density at radius 3 is 2.56 bits per heavy atom. The number of benzene rings is 1. The van der Waals surface area contributed by atoms with Crippen LogP contribution in [0.25, 0.3) is 16.3 Å². The minimum atomic E-state index is 0.0802. The Hall–Kier alpha value is -2.05. The van der Waals surface area contributed by atoms with Crippen LogP contribution >= 0.6 is 23.1 Å². The minimum Gasteiger partial charge on any atom is -0.341 e. The molecule has 0 atom stereocenters. The molecule has 2 heterocycles. The highest BCUT2D eigenvalue weighted by atomic mass is 32.2. The summed E-state index contributed by atoms with van der Waals surface area (Å²) >= 11 is 3.34. The Kier molecular flexibility index (Phi) is 6.07. The molecule has 1 amide bonds. The molecule has 0 saturated carbocycles. The van der Waals surface area contributed by atoms with Crippen molar-refractivity contribution in [3.63, 3.8) is 0 Å². The summed E-state index contributed by atoms with van der Waals surface area (Å²) in [5, 5.41) is 6.86. The summed E-state index contributed by atoms with van der Waals surface area (Å²) < 4.78 is 1.98. The van der Waals surface area contributed by atoms with Crippen LogP contribution in [0.3, 0.4) is 0 Å². The van der Waals surface area contributed by atoms with Crippen molar-refractivity contribution >= 4 is 29.0 Å². The predicted molar refractivity (Wildman–Crippen MR) is 116 cm³/mol. The molecule has 27 heavy (non-hydrogen) atoms. The van der Waals surface area contributed by atoms with Crippen LogP contribution in [0.5, 0.6) is 0 Å². The van der Waals surface area contributed by atoms with E-state index in [4.69, 9.17) is 5.10 Å². The molecule has 0 aliphatic rings. The standard InChI is InChI=1S/C21H25N3OS2/c1-21(2,3)27-15-19(25)23(4)13-16-14-24(17-9-6-5-7-10-17)22-20(16)18-11-8-12-26-18/h5-12,14H,13,15H2,1-4H3. The normalized spacial score (nSPS) is 11.6. The Labute approximate surface area is 169 Å². The third-order valence-corrected chi connectivity index (χ3v) is 6.16. The van der Waals surface area contributed by atoms with Crippen molar-refractivity contribution in [2.45, 2.75) is 32.1 Å². The van der Waals surface area contributed by atoms with Crippen molar-refractivity contribution in [3.05, 3.63) is 59.6 Å². The van der Waals surface area contributed by atoms with E-state index in [1.165, 1.54) is 0 Å². The highest BCUT2D eigenvalue weighted by Crippen LogP contribution is 2.29. The Morgan fingerprint density at radius 1 is 1.19 bits per heavy atom. The SMILES string of the molecule is CN(Cc1cn(-c2ccccc2)nc1-c1cccs1)C(=O)CSC(C)(C)C. The van der Waals surface area contributed by atoms with Gasteiger partial charge in [-0.05, 0) is 23.6 Å². The first-order valence-electron chi connectivity index (χ1n) is 8.89. The van der Waals surface area contributed by atoms with Gasteiger partial charge in [0.15, 0.2) is 0 Å². The maximum absolute atomic E-state index is 12.5. The van der Waals surface area contributed by atoms with Gasteiger partial charge < -0.3 is 4.90 Å². The largest absolute Gasteiger partial charge is 0.341 e. The molecule has 0 aliphatic carbocycles. The molecule has 0 unspecified atom stereocenters. The van der Waals surface area contributed by atoms with Crippen LogP contribution in [0.1, 0.15) is 26.3 Å². The number of aromatic nitrogens is 2. The van der Waals surface area contributed by atoms with Gasteiger partial charge in [-0.2, -0.15) is 5.10 Å². The average Bonchev–Trinajstić information content (AvgIpc) is 3.29. The van der Waals surface area contributed by atoms with Crippen LogP contribution in [-0.2, 0) is 11.3 Å². The van der Waals surface area contributed by atoms with Crippen LogP contribution in [0.15, 0.2) is 54.0 Å². The lowest BCUT2D eigenvalue weighted by atomic mass is 10.2. The van der Waals surface area contributed by atoms with Crippen LogP contribution in [0.4, 0.5) is 0 Å². The molecule has 2 aromatic heterocycles. The monoisotopic (exact) mass is 399 g/mol. The number of thiophene rings is 1. The van der Waals surface area contributed by atoms with Crippen molar-refractivity contribution < 1.29 is 4.79 Å². The van der Waals surface area contributed by atoms with Crippen molar-refractivity contribution in [3.8, 4) is 16.3 Å². The van der Waals surface area contributed by atoms with E-state index in [1.807, 2.05) is 54.3 Å². The Balaban J connectivity index is 1.83. The van der Waals surface area contributed by atoms with E-state index >= 15 is 0 Å². The van der Waals surface area contributed by atoms with E-state index in [-0.39, 0.29) is 10.7 Å². The topological polar surface area (TPSA) is 38.1 Å². The minimum absolute atomic E-state index is 0.0802. The van der Waals surface area contributed by atoms with Crippen molar-refractivity contribution in [2.24, 2.45) is 0 Å². The second-order valence-electron chi connectivity index (χ2n) is 7.41. The van der Waals surface area contributed by atoms with Gasteiger partial charge in [-0.15, -0.1) is 23.1 Å². The van der Waals surface area contributed by atoms with Crippen molar-refractivity contribution in [2.75, 3.05) is 12.8 Å². The van der Waals surface area contributed by atoms with Gasteiger partial charge in [-0.1, -0.05) is 45.0 Å². The van der Waals surface area contributed by atoms with E-state index in [0.29, 0.717) is 12.3 Å². The highest BCUT2D eigenvalue weighted by Gasteiger charge is 2.19. The quantitative estimate of drug-likeness (QED) is 0.579. The molecular formula is C21H25N3OS2. The molecule has 3 aromatic rings. The van der Waals surface area contributed by atoms with E-state index in [2.05, 4.69) is 32.2 Å². The molecule has 0 fully saturated rings. The molecule has 3 rings (SSSR count). The van der Waals surface area contributed by atoms with Gasteiger partial charge in [-0.25, -0.2) is 4.68 Å². The van der Waals surface area contributed by atoms with E-state index < -0.39 is 0 Å². The summed E-state index contributed by atoms with van der Waals surface area (Å²) in [6.45, 7) is 6.93. The molecular weight excluding hydrogens is 374 g/mol. The number of amides is 1. The summed E-state index contributed by atoms with van der Waals surface area (Å²) in [5.74, 6) is 0.626. The number of thioether (sulfide) groups is 1. The smallest absolute Gasteiger partial charge is 0.232 e. The zero-order valence-corrected chi connectivity index (χ0v) is 17.8. The molecule has 0 N–H and O–H groups in total. The molecule has 6 heteroatoms. The van der Waals surface area contributed by atoms with Crippen molar-refractivity contribution in [1.29, 1.82) is 0 Å². The Morgan fingerprint density at radius 2 is 1.93 bits per heavy atom. The second-order valence-corrected chi connectivity index (χ2v) is 10.2. The first-order valence-corrected chi connectivity index (χ1v) is 10.8. The second kappa shape index (κ2) is 8.31. The molecule has 0 aliphatic heterocycles. The van der Waals surface area contributed by atoms with Gasteiger partial charge in [0.2, 0.25) is 5.91 Å². The fourth-order valence-corrected chi connectivity index (χ4v) is 4.11. The number of para-hydroxylation sites is 1. The fourth-order valence-electron chi connectivity index (χ4n) is 2.59. The summed E-state index contributed by atoms with van der Waals surface area (Å²) in [4.78, 5) is 15.5. The van der Waals surface area contributed by atoms with Gasteiger partial charge >= 0.3 is 0 Å². The maximum Gasteiger partial charge on any atom is 0.232 e. The molecule has 0 radical (unpaired) electrons. The lowest BCUT2D eigenvalue weighted by molar-refractivity contribution is -0.127. The number of nitrogens with zero attached hydrogens (tertiary/aromatic N) is 3. The molecule has 0 saturated heterocycles. The highest BCUT2D eigenvalue weighted by molar-refractivity contribution is 8.01. The van der Waals surface area contributed by atoms with E-state index in [9.17, 15) is 4.79 Å². The van der Waals surface area contributed by atoms with Crippen LogP contribution < -0.4 is 0 Å². The zero-order valence-electron chi connectivity index (χ0n) is 16.2. The summed E-state index contributed by atoms with van der Waals surface area (Å²) in [5.41, 5.74) is 3.01. The lowest BCUT2D eigenvalue weighted by Gasteiger charge is -2.21. The number of hydrogen-bond acceptors (Lipinski definition) is 4. The summed E-state index contributed by atoms with van der Waals surface area (Å²) in [7, 11) is 1.86. The van der Waals surface area contributed by atoms with Crippen molar-refractivity contribution in [1.82, 2.24) is 14.7 Å². The van der Waals surface area contributed by atoms with E-state index in [0.717, 1.165) is 21.8 Å². The predicted octanol–water partition coefficient (Wildman–Crippen LogP) is 5.09. The molecule has 142 valence electrons. The van der Waals surface area contributed by atoms with Crippen LogP contribution in [0, 0.1) is 0 Å². The lowest BCUT2D eigenvalue weighted by Crippen LogP contribution is -2.29. The first kappa shape index (κ1) is 19.7. The fraction of sp³-hybridized carbons (Fsp3) is 0.333. The third-order valence-electron chi connectivity index (χ3n) is 4.03. The number of carbonyl (C=O) groups excluding carboxylic acids is 1. The van der Waals surface area contributed by atoms with Gasteiger partial charge in [0, 0.05) is 30.1 Å². The third kappa shape index (κ3) is 5.23. The van der Waals surface area contributed by atoms with Crippen LogP contribution in [0.2, 0.25) is 0 Å². The molecule has 0 spiro atoms. The van der Waals surface area contributed by atoms with E-state index in [1.54, 1.807) is 28.0 Å². The van der Waals surface area contributed by atoms with Crippen LogP contribution in [-0.4, -0.2) is 38.1 Å². The summed E-state index contributed by atoms with van der Waals surface area (Å²) in [6.07, 6.45) is 2.03. The van der Waals surface area contributed by atoms with Gasteiger partial charge in [0.1, 0.15) is 5.69 Å². The average molecular weight is 400 g/mol. The Bertz CT molecular complexity index is 880. The number of carbonyl (C=O) groups is 1. The van der Waals surface area contributed by atoms with Gasteiger partial charge in [-0.3, -0.25) is 4.79 Å². The van der Waals surface area contributed by atoms with Gasteiger partial charge in [0.05, 0.1) is 16.3 Å². The number of rotatable bonds is 6. The zero-order chi connectivity index (χ0) is 19.4. The molecule has 0 bridgehead atoms. The number of hydrogen-bond donors (Lipinski definition) is 0. The first-order chi connectivity index (χ1) is 12.8. The molecule has 4 nitrogen and oxygen atoms in total. The summed E-state index contributed by atoms with van der Waals surface area (Å²) in [6, 6.07) is 14.2. The molecule has 1 aromatic carbocycles.